The third-order valence-corrected chi connectivity index (χ3v) is 1.18. The van der Waals surface area contributed by atoms with Gasteiger partial charge in [-0.15, -0.1) is 0 Å². The van der Waals surface area contributed by atoms with Crippen molar-refractivity contribution in [3.05, 3.63) is 0 Å². The number of carboxylic acids is 2. The van der Waals surface area contributed by atoms with E-state index in [1.165, 1.54) is 0 Å². The fourth-order valence-electron chi connectivity index (χ4n) is 0.622. The second-order valence-corrected chi connectivity index (χ2v) is 2.28. The average Bonchev–Trinajstić information content (AvgIpc) is 2.04. The zero-order chi connectivity index (χ0) is 10.3. The Hall–Kier alpha value is -1.18. The lowest BCUT2D eigenvalue weighted by Crippen LogP contribution is -2.48. The van der Waals surface area contributed by atoms with Crippen molar-refractivity contribution in [3.63, 3.8) is 0 Å². The number of hydrogen-bond donors (Lipinski definition) is 5. The highest BCUT2D eigenvalue weighted by atomic mass is 16.4. The molecular weight excluding hydrogens is 180 g/mol. The van der Waals surface area contributed by atoms with Crippen LogP contribution in [0.4, 0.5) is 0 Å². The predicted molar refractivity (Wildman–Crippen MR) is 42.2 cm³/mol. The van der Waals surface area contributed by atoms with Crippen LogP contribution in [-0.2, 0) is 9.59 Å². The predicted octanol–water partition coefficient (Wildman–Crippen LogP) is -2.35. The number of aliphatic hydroxyl groups is 1. The maximum absolute atomic E-state index is 10.1. The molecule has 0 rings (SSSR count). The number of nitrogens with one attached hydrogen (secondary N) is 2. The summed E-state index contributed by atoms with van der Waals surface area (Å²) in [5.41, 5.74) is 0. The fourth-order valence-corrected chi connectivity index (χ4v) is 0.622. The third-order valence-electron chi connectivity index (χ3n) is 1.18. The van der Waals surface area contributed by atoms with Gasteiger partial charge in [0, 0.05) is 0 Å². The molecular formula is C6H12N2O5. The fraction of sp³-hybridized carbons (Fsp3) is 0.667. The van der Waals surface area contributed by atoms with Gasteiger partial charge in [0.2, 0.25) is 0 Å². The van der Waals surface area contributed by atoms with E-state index in [1.807, 2.05) is 0 Å². The van der Waals surface area contributed by atoms with Crippen molar-refractivity contribution in [1.29, 1.82) is 0 Å². The van der Waals surface area contributed by atoms with Crippen molar-refractivity contribution < 1.29 is 24.9 Å². The summed E-state index contributed by atoms with van der Waals surface area (Å²) >= 11 is 0. The Kier molecular flexibility index (Phi) is 5.77. The number of hydrogen-bond acceptors (Lipinski definition) is 5. The van der Waals surface area contributed by atoms with Crippen LogP contribution in [0, 0.1) is 0 Å². The lowest BCUT2D eigenvalue weighted by atomic mass is 10.4. The van der Waals surface area contributed by atoms with Gasteiger partial charge in [0.15, 0.2) is 0 Å². The summed E-state index contributed by atoms with van der Waals surface area (Å²) in [6.07, 6.45) is -0.716. The molecule has 0 fully saturated rings. The molecule has 0 heterocycles. The van der Waals surface area contributed by atoms with E-state index < -0.39 is 18.1 Å². The highest BCUT2D eigenvalue weighted by Crippen LogP contribution is 1.75. The lowest BCUT2D eigenvalue weighted by Gasteiger charge is -2.14. The van der Waals surface area contributed by atoms with Crippen molar-refractivity contribution in [2.45, 2.75) is 6.17 Å². The Balaban J connectivity index is 3.63. The molecule has 76 valence electrons. The maximum atomic E-state index is 10.1. The monoisotopic (exact) mass is 192 g/mol. The van der Waals surface area contributed by atoms with Gasteiger partial charge in [-0.05, 0) is 0 Å². The van der Waals surface area contributed by atoms with E-state index in [0.717, 1.165) is 0 Å². The highest BCUT2D eigenvalue weighted by Gasteiger charge is 2.08. The SMILES string of the molecule is O=C(O)CNC(CO)NCC(=O)O. The number of carboxylic acid groups (broad SMARTS) is 2. The van der Waals surface area contributed by atoms with Crippen LogP contribution < -0.4 is 10.6 Å². The lowest BCUT2D eigenvalue weighted by molar-refractivity contribution is -0.136. The Labute approximate surface area is 74.4 Å². The Morgan fingerprint density at radius 2 is 1.46 bits per heavy atom. The van der Waals surface area contributed by atoms with Crippen molar-refractivity contribution in [3.8, 4) is 0 Å². The van der Waals surface area contributed by atoms with Crippen molar-refractivity contribution in [1.82, 2.24) is 10.6 Å². The molecule has 0 saturated heterocycles. The average molecular weight is 192 g/mol. The van der Waals surface area contributed by atoms with Crippen LogP contribution >= 0.6 is 0 Å². The molecule has 7 nitrogen and oxygen atoms in total. The summed E-state index contributed by atoms with van der Waals surface area (Å²) in [5.74, 6) is -2.15. The number of rotatable bonds is 7. The largest absolute Gasteiger partial charge is 0.480 e. The van der Waals surface area contributed by atoms with Crippen molar-refractivity contribution in [2.24, 2.45) is 0 Å². The molecule has 13 heavy (non-hydrogen) atoms. The van der Waals surface area contributed by atoms with Gasteiger partial charge in [-0.3, -0.25) is 20.2 Å². The van der Waals surface area contributed by atoms with Crippen LogP contribution in [0.25, 0.3) is 0 Å². The quantitative estimate of drug-likeness (QED) is 0.286. The molecule has 0 bridgehead atoms. The Bertz CT molecular complexity index is 166. The van der Waals surface area contributed by atoms with Crippen LogP contribution in [0.2, 0.25) is 0 Å². The molecule has 0 aliphatic heterocycles. The molecule has 7 heteroatoms. The first-order valence-electron chi connectivity index (χ1n) is 3.57. The molecule has 0 unspecified atom stereocenters. The molecule has 0 aliphatic rings. The first-order valence-corrected chi connectivity index (χ1v) is 3.57. The molecule has 0 aliphatic carbocycles. The number of carbonyl (C=O) groups is 2. The van der Waals surface area contributed by atoms with E-state index in [1.54, 1.807) is 0 Å². The van der Waals surface area contributed by atoms with Gasteiger partial charge >= 0.3 is 11.9 Å². The van der Waals surface area contributed by atoms with Gasteiger partial charge in [-0.2, -0.15) is 0 Å². The summed E-state index contributed by atoms with van der Waals surface area (Å²) < 4.78 is 0. The minimum absolute atomic E-state index is 0.335. The molecule has 0 atom stereocenters. The first kappa shape index (κ1) is 11.8. The zero-order valence-corrected chi connectivity index (χ0v) is 6.86. The van der Waals surface area contributed by atoms with Crippen LogP contribution in [-0.4, -0.2) is 53.1 Å². The summed E-state index contributed by atoms with van der Waals surface area (Å²) in [6, 6.07) is 0. The van der Waals surface area contributed by atoms with E-state index in [2.05, 4.69) is 10.6 Å². The van der Waals surface area contributed by atoms with E-state index in [-0.39, 0.29) is 19.7 Å². The first-order chi connectivity index (χ1) is 6.06. The Morgan fingerprint density at radius 1 is 1.08 bits per heavy atom. The van der Waals surface area contributed by atoms with Gasteiger partial charge in [0.25, 0.3) is 0 Å². The molecule has 0 aromatic carbocycles. The standard InChI is InChI=1S/C6H12N2O5/c9-3-4(7-1-5(10)11)8-2-6(12)13/h4,7-9H,1-3H2,(H,10,11)(H,12,13). The van der Waals surface area contributed by atoms with E-state index in [4.69, 9.17) is 15.3 Å². The van der Waals surface area contributed by atoms with E-state index in [0.29, 0.717) is 0 Å². The molecule has 0 spiro atoms. The normalized spacial score (nSPS) is 10.3. The second kappa shape index (κ2) is 6.35. The van der Waals surface area contributed by atoms with Gasteiger partial charge < -0.3 is 15.3 Å². The minimum atomic E-state index is -1.07. The van der Waals surface area contributed by atoms with Crippen molar-refractivity contribution >= 4 is 11.9 Å². The zero-order valence-electron chi connectivity index (χ0n) is 6.86. The van der Waals surface area contributed by atoms with Gasteiger partial charge in [-0.25, -0.2) is 0 Å². The topological polar surface area (TPSA) is 119 Å². The van der Waals surface area contributed by atoms with Crippen LogP contribution in [0.5, 0.6) is 0 Å². The summed E-state index contributed by atoms with van der Waals surface area (Å²) in [7, 11) is 0. The molecule has 0 saturated carbocycles. The number of aliphatic carboxylic acids is 2. The van der Waals surface area contributed by atoms with Gasteiger partial charge in [0.1, 0.15) is 0 Å². The summed E-state index contributed by atoms with van der Waals surface area (Å²) in [5, 5.41) is 29.9. The van der Waals surface area contributed by atoms with Crippen LogP contribution in [0.3, 0.4) is 0 Å². The highest BCUT2D eigenvalue weighted by molar-refractivity contribution is 5.69. The maximum Gasteiger partial charge on any atom is 0.317 e. The van der Waals surface area contributed by atoms with Crippen LogP contribution in [0.1, 0.15) is 0 Å². The smallest absolute Gasteiger partial charge is 0.317 e. The molecule has 0 aromatic heterocycles. The molecule has 5 N–H and O–H groups in total. The van der Waals surface area contributed by atoms with E-state index >= 15 is 0 Å². The Morgan fingerprint density at radius 3 is 1.69 bits per heavy atom. The second-order valence-electron chi connectivity index (χ2n) is 2.28. The molecule has 0 amide bonds. The minimum Gasteiger partial charge on any atom is -0.480 e. The summed E-state index contributed by atoms with van der Waals surface area (Å²) in [6.45, 7) is -1.05. The summed E-state index contributed by atoms with van der Waals surface area (Å²) in [4.78, 5) is 20.1. The van der Waals surface area contributed by atoms with Gasteiger partial charge in [-0.1, -0.05) is 0 Å². The third kappa shape index (κ3) is 7.19. The van der Waals surface area contributed by atoms with E-state index in [9.17, 15) is 9.59 Å². The number of aliphatic hydroxyl groups excluding tert-OH is 1. The molecule has 0 radical (unpaired) electrons. The van der Waals surface area contributed by atoms with Crippen molar-refractivity contribution in [2.75, 3.05) is 19.7 Å². The van der Waals surface area contributed by atoms with Crippen LogP contribution in [0.15, 0.2) is 0 Å². The molecule has 0 aromatic rings. The van der Waals surface area contributed by atoms with Gasteiger partial charge in [0.05, 0.1) is 25.9 Å².